The summed E-state index contributed by atoms with van der Waals surface area (Å²) in [4.78, 5) is 24.5. The molecular weight excluding hydrogens is 330 g/mol. The molecule has 1 atom stereocenters. The highest BCUT2D eigenvalue weighted by Crippen LogP contribution is 2.17. The van der Waals surface area contributed by atoms with Gasteiger partial charge in [0.1, 0.15) is 11.8 Å². The zero-order valence-corrected chi connectivity index (χ0v) is 14.3. The lowest BCUT2D eigenvalue weighted by atomic mass is 10.0. The molecule has 132 valence electrons. The molecule has 2 N–H and O–H groups in total. The highest BCUT2D eigenvalue weighted by Gasteiger charge is 2.23. The van der Waals surface area contributed by atoms with Gasteiger partial charge in [-0.15, -0.1) is 0 Å². The lowest BCUT2D eigenvalue weighted by Gasteiger charge is -2.17. The van der Waals surface area contributed by atoms with E-state index >= 15 is 0 Å². The zero-order valence-electron chi connectivity index (χ0n) is 14.3. The fraction of sp³-hybridized carbons (Fsp3) is 0.143. The molecule has 3 rings (SSSR count). The van der Waals surface area contributed by atoms with Crippen LogP contribution in [0.2, 0.25) is 0 Å². The van der Waals surface area contributed by atoms with Gasteiger partial charge in [0.15, 0.2) is 0 Å². The molecule has 0 heterocycles. The fourth-order valence-corrected chi connectivity index (χ4v) is 2.83. The first-order valence-electron chi connectivity index (χ1n) is 8.22. The van der Waals surface area contributed by atoms with Gasteiger partial charge in [-0.25, -0.2) is 4.79 Å². The lowest BCUT2D eigenvalue weighted by molar-refractivity contribution is -0.142. The second-order valence-electron chi connectivity index (χ2n) is 5.99. The predicted octanol–water partition coefficient (Wildman–Crippen LogP) is 3.06. The third-order valence-corrected chi connectivity index (χ3v) is 4.15. The van der Waals surface area contributed by atoms with Gasteiger partial charge < -0.3 is 15.2 Å². The van der Waals surface area contributed by atoms with Gasteiger partial charge in [-0.05, 0) is 34.5 Å². The van der Waals surface area contributed by atoms with Crippen molar-refractivity contribution in [1.82, 2.24) is 5.32 Å². The van der Waals surface area contributed by atoms with Crippen molar-refractivity contribution >= 4 is 22.6 Å². The van der Waals surface area contributed by atoms with Crippen molar-refractivity contribution in [2.75, 3.05) is 7.11 Å². The van der Waals surface area contributed by atoms with E-state index in [-0.39, 0.29) is 11.3 Å². The molecule has 0 aliphatic heterocycles. The Morgan fingerprint density at radius 2 is 1.77 bits per heavy atom. The van der Waals surface area contributed by atoms with E-state index in [4.69, 9.17) is 4.74 Å². The number of hydrogen-bond acceptors (Lipinski definition) is 4. The van der Waals surface area contributed by atoms with E-state index in [0.717, 1.165) is 16.3 Å². The number of rotatable bonds is 5. The van der Waals surface area contributed by atoms with Crippen molar-refractivity contribution in [2.45, 2.75) is 12.5 Å². The summed E-state index contributed by atoms with van der Waals surface area (Å²) in [6, 6.07) is 19.0. The molecule has 0 spiro atoms. The van der Waals surface area contributed by atoms with E-state index in [1.807, 2.05) is 42.5 Å². The number of fused-ring (bicyclic) bond motifs is 1. The first-order valence-corrected chi connectivity index (χ1v) is 8.22. The molecule has 5 heteroatoms. The van der Waals surface area contributed by atoms with Crippen molar-refractivity contribution in [3.63, 3.8) is 0 Å². The number of ether oxygens (including phenoxy) is 1. The van der Waals surface area contributed by atoms with E-state index < -0.39 is 17.9 Å². The number of nitrogens with one attached hydrogen (secondary N) is 1. The summed E-state index contributed by atoms with van der Waals surface area (Å²) in [6.45, 7) is 0. The Morgan fingerprint density at radius 3 is 2.50 bits per heavy atom. The summed E-state index contributed by atoms with van der Waals surface area (Å²) in [5.74, 6) is -0.981. The SMILES string of the molecule is COC(=O)[C@H](Cc1ccc2ccccc2c1)NC(=O)c1cccc(O)c1. The molecule has 0 aromatic heterocycles. The maximum atomic E-state index is 12.4. The molecule has 0 fully saturated rings. The van der Waals surface area contributed by atoms with Crippen LogP contribution in [0.25, 0.3) is 10.8 Å². The van der Waals surface area contributed by atoms with Gasteiger partial charge in [-0.2, -0.15) is 0 Å². The lowest BCUT2D eigenvalue weighted by Crippen LogP contribution is -2.43. The van der Waals surface area contributed by atoms with Crippen LogP contribution in [0.5, 0.6) is 5.75 Å². The number of benzene rings is 3. The van der Waals surface area contributed by atoms with E-state index in [0.29, 0.717) is 6.42 Å². The highest BCUT2D eigenvalue weighted by atomic mass is 16.5. The van der Waals surface area contributed by atoms with Crippen molar-refractivity contribution in [1.29, 1.82) is 0 Å². The number of esters is 1. The molecule has 0 radical (unpaired) electrons. The van der Waals surface area contributed by atoms with Crippen LogP contribution in [-0.4, -0.2) is 30.1 Å². The summed E-state index contributed by atoms with van der Waals surface area (Å²) >= 11 is 0. The Balaban J connectivity index is 1.81. The molecular formula is C21H19NO4. The Hall–Kier alpha value is -3.34. The van der Waals surface area contributed by atoms with Gasteiger partial charge in [0.25, 0.3) is 5.91 Å². The van der Waals surface area contributed by atoms with Crippen molar-refractivity contribution < 1.29 is 19.4 Å². The molecule has 0 unspecified atom stereocenters. The Bertz CT molecular complexity index is 951. The molecule has 26 heavy (non-hydrogen) atoms. The third-order valence-electron chi connectivity index (χ3n) is 4.15. The Kier molecular flexibility index (Phi) is 5.17. The zero-order chi connectivity index (χ0) is 18.5. The van der Waals surface area contributed by atoms with Crippen LogP contribution in [0.1, 0.15) is 15.9 Å². The monoisotopic (exact) mass is 349 g/mol. The predicted molar refractivity (Wildman–Crippen MR) is 99.0 cm³/mol. The number of amides is 1. The smallest absolute Gasteiger partial charge is 0.328 e. The third kappa shape index (κ3) is 4.00. The minimum Gasteiger partial charge on any atom is -0.508 e. The number of phenolic OH excluding ortho intramolecular Hbond substituents is 1. The van der Waals surface area contributed by atoms with Crippen LogP contribution in [0, 0.1) is 0 Å². The van der Waals surface area contributed by atoms with Gasteiger partial charge in [0.2, 0.25) is 0 Å². The topological polar surface area (TPSA) is 75.6 Å². The summed E-state index contributed by atoms with van der Waals surface area (Å²) in [5.41, 5.74) is 1.19. The first-order chi connectivity index (χ1) is 12.6. The van der Waals surface area contributed by atoms with E-state index in [2.05, 4.69) is 5.32 Å². The average molecular weight is 349 g/mol. The number of hydrogen-bond donors (Lipinski definition) is 2. The number of methoxy groups -OCH3 is 1. The van der Waals surface area contributed by atoms with Crippen molar-refractivity contribution in [3.05, 3.63) is 77.9 Å². The van der Waals surface area contributed by atoms with Crippen LogP contribution >= 0.6 is 0 Å². The van der Waals surface area contributed by atoms with E-state index in [1.54, 1.807) is 12.1 Å². The average Bonchev–Trinajstić information content (AvgIpc) is 2.66. The number of aromatic hydroxyl groups is 1. The molecule has 0 aliphatic rings. The van der Waals surface area contributed by atoms with Gasteiger partial charge >= 0.3 is 5.97 Å². The Labute approximate surface area is 151 Å². The molecule has 0 bridgehead atoms. The summed E-state index contributed by atoms with van der Waals surface area (Å²) < 4.78 is 4.83. The summed E-state index contributed by atoms with van der Waals surface area (Å²) in [5, 5.41) is 14.4. The van der Waals surface area contributed by atoms with E-state index in [9.17, 15) is 14.7 Å². The minimum atomic E-state index is -0.823. The maximum absolute atomic E-state index is 12.4. The summed E-state index contributed by atoms with van der Waals surface area (Å²) in [7, 11) is 1.29. The highest BCUT2D eigenvalue weighted by molar-refractivity contribution is 5.97. The van der Waals surface area contributed by atoms with Gasteiger partial charge in [-0.1, -0.05) is 48.5 Å². The standard InChI is InChI=1S/C21H19NO4/c1-26-21(25)19(22-20(24)17-7-4-8-18(23)13-17)12-14-9-10-15-5-2-3-6-16(15)11-14/h2-11,13,19,23H,12H2,1H3,(H,22,24)/t19-/m0/s1. The molecule has 3 aromatic carbocycles. The van der Waals surface area contributed by atoms with Crippen LogP contribution in [0.3, 0.4) is 0 Å². The van der Waals surface area contributed by atoms with Crippen LogP contribution < -0.4 is 5.32 Å². The molecule has 0 saturated carbocycles. The molecule has 0 aliphatic carbocycles. The van der Waals surface area contributed by atoms with Crippen molar-refractivity contribution in [2.24, 2.45) is 0 Å². The van der Waals surface area contributed by atoms with Crippen LogP contribution in [0.4, 0.5) is 0 Å². The number of carbonyl (C=O) groups excluding carboxylic acids is 2. The molecule has 1 amide bonds. The van der Waals surface area contributed by atoms with E-state index in [1.165, 1.54) is 19.2 Å². The van der Waals surface area contributed by atoms with Gasteiger partial charge in [-0.3, -0.25) is 4.79 Å². The quantitative estimate of drug-likeness (QED) is 0.694. The normalized spacial score (nSPS) is 11.7. The Morgan fingerprint density at radius 1 is 1.00 bits per heavy atom. The van der Waals surface area contributed by atoms with Gasteiger partial charge in [0, 0.05) is 12.0 Å². The first kappa shape index (κ1) is 17.5. The number of phenols is 1. The summed E-state index contributed by atoms with van der Waals surface area (Å²) in [6.07, 6.45) is 0.308. The molecule has 5 nitrogen and oxygen atoms in total. The second kappa shape index (κ2) is 7.70. The number of carbonyl (C=O) groups is 2. The van der Waals surface area contributed by atoms with Crippen LogP contribution in [0.15, 0.2) is 66.7 Å². The maximum Gasteiger partial charge on any atom is 0.328 e. The van der Waals surface area contributed by atoms with Gasteiger partial charge in [0.05, 0.1) is 7.11 Å². The largest absolute Gasteiger partial charge is 0.508 e. The van der Waals surface area contributed by atoms with Crippen molar-refractivity contribution in [3.8, 4) is 5.75 Å². The molecule has 0 saturated heterocycles. The second-order valence-corrected chi connectivity index (χ2v) is 5.99. The van der Waals surface area contributed by atoms with Crippen LogP contribution in [-0.2, 0) is 16.0 Å². The minimum absolute atomic E-state index is 0.0122. The fourth-order valence-electron chi connectivity index (χ4n) is 2.83. The molecule has 3 aromatic rings.